The molecule has 17 nitrogen and oxygen atoms in total. The summed E-state index contributed by atoms with van der Waals surface area (Å²) in [6, 6.07) is 18.0. The Hall–Kier alpha value is -7.58. The van der Waals surface area contributed by atoms with Crippen LogP contribution in [0.3, 0.4) is 0 Å². The van der Waals surface area contributed by atoms with Gasteiger partial charge in [-0.2, -0.15) is 0 Å². The zero-order valence-corrected chi connectivity index (χ0v) is 34.8. The third-order valence-electron chi connectivity index (χ3n) is 10.4. The van der Waals surface area contributed by atoms with Crippen LogP contribution < -0.4 is 29.6 Å². The van der Waals surface area contributed by atoms with E-state index in [0.717, 1.165) is 17.0 Å². The molecular weight excluding hydrogens is 857 g/mol. The van der Waals surface area contributed by atoms with E-state index in [1.165, 1.54) is 38.9 Å². The number of anilines is 2. The number of nitrogens with one attached hydrogen (secondary N) is 3. The number of imide groups is 2. The van der Waals surface area contributed by atoms with Crippen molar-refractivity contribution in [2.24, 2.45) is 0 Å². The predicted molar refractivity (Wildman–Crippen MR) is 226 cm³/mol. The Morgan fingerprint density at radius 2 is 1.64 bits per heavy atom. The highest BCUT2D eigenvalue weighted by atomic mass is 32.2. The molecule has 3 N–H and O–H groups in total. The Morgan fingerprint density at radius 1 is 0.812 bits per heavy atom. The lowest BCUT2D eigenvalue weighted by molar-refractivity contribution is -0.136. The van der Waals surface area contributed by atoms with E-state index in [4.69, 9.17) is 18.9 Å². The van der Waals surface area contributed by atoms with E-state index < -0.39 is 56.2 Å². The van der Waals surface area contributed by atoms with Gasteiger partial charge in [0.1, 0.15) is 41.2 Å². The van der Waals surface area contributed by atoms with Gasteiger partial charge in [0.25, 0.3) is 21.8 Å². The first-order valence-corrected chi connectivity index (χ1v) is 21.1. The van der Waals surface area contributed by atoms with Gasteiger partial charge in [-0.1, -0.05) is 12.1 Å². The van der Waals surface area contributed by atoms with Crippen molar-refractivity contribution in [1.29, 1.82) is 0 Å². The van der Waals surface area contributed by atoms with Crippen LogP contribution in [-0.2, 0) is 24.3 Å². The molecule has 20 heteroatoms. The van der Waals surface area contributed by atoms with Crippen LogP contribution in [-0.4, -0.2) is 98.5 Å². The molecule has 0 bridgehead atoms. The lowest BCUT2D eigenvalue weighted by Crippen LogP contribution is -2.54. The molecule has 1 saturated heterocycles. The third kappa shape index (κ3) is 8.59. The Morgan fingerprint density at radius 3 is 2.42 bits per heavy atom. The second kappa shape index (κ2) is 18.0. The fraction of sp³-hybridized carbons (Fsp3) is 0.205. The van der Waals surface area contributed by atoms with Crippen molar-refractivity contribution in [2.75, 3.05) is 50.6 Å². The molecule has 0 radical (unpaired) electrons. The molecule has 0 aliphatic carbocycles. The van der Waals surface area contributed by atoms with Crippen LogP contribution in [0.2, 0.25) is 0 Å². The Bertz CT molecular complexity index is 2970. The van der Waals surface area contributed by atoms with Crippen molar-refractivity contribution in [3.05, 3.63) is 114 Å². The first kappa shape index (κ1) is 43.1. The fourth-order valence-electron chi connectivity index (χ4n) is 7.37. The minimum Gasteiger partial charge on any atom is -0.493 e. The number of benzene rings is 4. The Labute approximate surface area is 363 Å². The number of aromatic nitrogens is 3. The van der Waals surface area contributed by atoms with E-state index in [2.05, 4.69) is 30.3 Å². The van der Waals surface area contributed by atoms with Crippen molar-refractivity contribution in [3.63, 3.8) is 0 Å². The summed E-state index contributed by atoms with van der Waals surface area (Å²) < 4.78 is 79.2. The van der Waals surface area contributed by atoms with Gasteiger partial charge >= 0.3 is 0 Å². The largest absolute Gasteiger partial charge is 0.493 e. The number of piperidine rings is 1. The van der Waals surface area contributed by atoms with Gasteiger partial charge in [-0.25, -0.2) is 32.2 Å². The molecule has 328 valence electrons. The van der Waals surface area contributed by atoms with Crippen molar-refractivity contribution < 1.29 is 55.3 Å². The third-order valence-corrected chi connectivity index (χ3v) is 11.8. The zero-order chi connectivity index (χ0) is 45.1. The number of pyridine rings is 1. The summed E-state index contributed by atoms with van der Waals surface area (Å²) in [6.07, 6.45) is 2.99. The summed E-state index contributed by atoms with van der Waals surface area (Å²) in [5.41, 5.74) is 3.59. The summed E-state index contributed by atoms with van der Waals surface area (Å²) in [4.78, 5) is 63.9. The van der Waals surface area contributed by atoms with Crippen LogP contribution in [0.15, 0.2) is 96.3 Å². The lowest BCUT2D eigenvalue weighted by atomic mass is 10.0. The number of hydrogen-bond acceptors (Lipinski definition) is 14. The fourth-order valence-corrected chi connectivity index (χ4v) is 8.48. The summed E-state index contributed by atoms with van der Waals surface area (Å²) >= 11 is 0. The van der Waals surface area contributed by atoms with Gasteiger partial charge in [0.15, 0.2) is 11.5 Å². The molecule has 2 aliphatic rings. The van der Waals surface area contributed by atoms with Gasteiger partial charge in [0.05, 0.1) is 49.8 Å². The van der Waals surface area contributed by atoms with Gasteiger partial charge < -0.3 is 24.3 Å². The highest BCUT2D eigenvalue weighted by molar-refractivity contribution is 7.92. The molecule has 2 aromatic heterocycles. The van der Waals surface area contributed by atoms with E-state index in [-0.39, 0.29) is 61.9 Å². The maximum Gasteiger partial charge on any atom is 0.264 e. The van der Waals surface area contributed by atoms with Gasteiger partial charge in [-0.3, -0.25) is 34.1 Å². The molecule has 4 heterocycles. The maximum atomic E-state index is 14.5. The highest BCUT2D eigenvalue weighted by Crippen LogP contribution is 2.37. The summed E-state index contributed by atoms with van der Waals surface area (Å²) in [5, 5.41) is 5.97. The monoisotopic (exact) mass is 893 g/mol. The standard InChI is InChI=1S/C44H37F2N7O10S/c1-60-36-20-25(7-11-35(36)63-17-16-62-15-14-47-32-5-3-4-28-39(32)44(57)53(43(28)56)34-10-13-38(54)51-41(34)55)40-29-18-24(6-9-31(29)49-23-50-40)26-19-33(42(61-2)48-22-26)52-64(58,59)37-12-8-27(45)21-30(37)46/h3-9,11-12,18-23,34,47,52H,10,13-17H2,1-2H3,(H,51,54,55). The topological polar surface area (TPSA) is 217 Å². The molecule has 8 rings (SSSR count). The molecule has 0 spiro atoms. The number of rotatable bonds is 16. The second-order valence-corrected chi connectivity index (χ2v) is 16.0. The molecule has 1 atom stereocenters. The van der Waals surface area contributed by atoms with E-state index in [9.17, 15) is 36.4 Å². The molecular formula is C44H37F2N7O10S. The van der Waals surface area contributed by atoms with Crippen molar-refractivity contribution in [2.45, 2.75) is 23.8 Å². The van der Waals surface area contributed by atoms with Crippen LogP contribution in [0.1, 0.15) is 33.6 Å². The Balaban J connectivity index is 0.904. The average Bonchev–Trinajstić information content (AvgIpc) is 3.54. The van der Waals surface area contributed by atoms with E-state index in [0.29, 0.717) is 56.5 Å². The van der Waals surface area contributed by atoms with Crippen molar-refractivity contribution >= 4 is 55.9 Å². The average molecular weight is 894 g/mol. The van der Waals surface area contributed by atoms with Gasteiger partial charge in [-0.15, -0.1) is 0 Å². The number of carbonyl (C=O) groups excluding carboxylic acids is 4. The number of carbonyl (C=O) groups is 4. The number of amides is 4. The molecule has 4 aromatic carbocycles. The number of hydrogen-bond donors (Lipinski definition) is 3. The smallest absolute Gasteiger partial charge is 0.264 e. The number of sulfonamides is 1. The van der Waals surface area contributed by atoms with E-state index in [1.807, 2.05) is 6.07 Å². The number of nitrogens with zero attached hydrogens (tertiary/aromatic N) is 4. The SMILES string of the molecule is COc1cc(-c2ncnc3ccc(-c4cnc(OC)c(NS(=O)(=O)c5ccc(F)cc5F)c4)cc23)ccc1OCCOCCNc1cccc2c1C(=O)N(C1CCC(=O)NC1=O)C2=O. The number of methoxy groups -OCH3 is 2. The first-order chi connectivity index (χ1) is 30.9. The first-order valence-electron chi connectivity index (χ1n) is 19.6. The molecule has 6 aromatic rings. The summed E-state index contributed by atoms with van der Waals surface area (Å²) in [6.45, 7) is 0.879. The van der Waals surface area contributed by atoms with Crippen LogP contribution in [0.4, 0.5) is 20.2 Å². The summed E-state index contributed by atoms with van der Waals surface area (Å²) in [5.74, 6) is -3.74. The molecule has 0 saturated carbocycles. The molecule has 1 fully saturated rings. The lowest BCUT2D eigenvalue weighted by Gasteiger charge is -2.27. The molecule has 4 amide bonds. The maximum absolute atomic E-state index is 14.5. The minimum atomic E-state index is -4.51. The van der Waals surface area contributed by atoms with Gasteiger partial charge in [0, 0.05) is 47.4 Å². The molecule has 1 unspecified atom stereocenters. The van der Waals surface area contributed by atoms with Gasteiger partial charge in [0.2, 0.25) is 17.7 Å². The second-order valence-electron chi connectivity index (χ2n) is 14.3. The molecule has 64 heavy (non-hydrogen) atoms. The highest BCUT2D eigenvalue weighted by Gasteiger charge is 2.45. The number of halogens is 2. The van der Waals surface area contributed by atoms with Crippen LogP contribution >= 0.6 is 0 Å². The number of fused-ring (bicyclic) bond motifs is 2. The summed E-state index contributed by atoms with van der Waals surface area (Å²) in [7, 11) is -1.71. The Kier molecular flexibility index (Phi) is 12.1. The van der Waals surface area contributed by atoms with Gasteiger partial charge in [-0.05, 0) is 72.6 Å². The normalized spacial score (nSPS) is 14.9. The zero-order valence-electron chi connectivity index (χ0n) is 34.0. The minimum absolute atomic E-state index is 0.0258. The van der Waals surface area contributed by atoms with E-state index in [1.54, 1.807) is 42.5 Å². The predicted octanol–water partition coefficient (Wildman–Crippen LogP) is 5.36. The number of ether oxygens (including phenoxy) is 4. The van der Waals surface area contributed by atoms with Crippen LogP contribution in [0.5, 0.6) is 17.4 Å². The quantitative estimate of drug-likeness (QED) is 0.0824. The molecule has 2 aliphatic heterocycles. The van der Waals surface area contributed by atoms with E-state index >= 15 is 0 Å². The van der Waals surface area contributed by atoms with Crippen LogP contribution in [0, 0.1) is 11.6 Å². The van der Waals surface area contributed by atoms with Crippen molar-refractivity contribution in [3.8, 4) is 39.8 Å². The van der Waals surface area contributed by atoms with Crippen molar-refractivity contribution in [1.82, 2.24) is 25.2 Å². The van der Waals surface area contributed by atoms with Crippen LogP contribution in [0.25, 0.3) is 33.3 Å².